The molecule has 2 aromatic heterocycles. The molecule has 2 aromatic carbocycles. The van der Waals surface area contributed by atoms with Gasteiger partial charge in [0.2, 0.25) is 4.77 Å². The highest BCUT2D eigenvalue weighted by Gasteiger charge is 2.13. The van der Waals surface area contributed by atoms with Gasteiger partial charge in [-0.2, -0.15) is 0 Å². The normalized spacial score (nSPS) is 11.0. The quantitative estimate of drug-likeness (QED) is 0.476. The van der Waals surface area contributed by atoms with E-state index in [1.165, 1.54) is 11.1 Å². The molecule has 0 spiro atoms. The molecule has 0 unspecified atom stereocenters. The summed E-state index contributed by atoms with van der Waals surface area (Å²) in [5, 5.41) is 0. The van der Waals surface area contributed by atoms with E-state index in [4.69, 9.17) is 21.7 Å². The van der Waals surface area contributed by atoms with Crippen LogP contribution in [0.3, 0.4) is 0 Å². The van der Waals surface area contributed by atoms with Crippen molar-refractivity contribution in [3.63, 3.8) is 0 Å². The van der Waals surface area contributed by atoms with Crippen LogP contribution in [0.5, 0.6) is 11.5 Å². The topological polar surface area (TPSA) is 51.5 Å². The van der Waals surface area contributed by atoms with Crippen LogP contribution in [0.1, 0.15) is 11.1 Å². The average Bonchev–Trinajstić information content (AvgIpc) is 3.16. The van der Waals surface area contributed by atoms with Crippen molar-refractivity contribution in [1.82, 2.24) is 14.4 Å². The van der Waals surface area contributed by atoms with Crippen molar-refractivity contribution in [2.24, 2.45) is 0 Å². The Morgan fingerprint density at radius 1 is 0.929 bits per heavy atom. The maximum absolute atomic E-state index is 5.45. The zero-order chi connectivity index (χ0) is 19.8. The van der Waals surface area contributed by atoms with Crippen LogP contribution < -0.4 is 9.47 Å². The Bertz CT molecular complexity index is 1240. The number of aryl methyl sites for hydroxylation is 2. The summed E-state index contributed by atoms with van der Waals surface area (Å²) < 4.78 is 13.2. The Labute approximate surface area is 168 Å². The van der Waals surface area contributed by atoms with Crippen molar-refractivity contribution in [2.45, 2.75) is 13.8 Å². The van der Waals surface area contributed by atoms with Crippen LogP contribution in [0.15, 0.2) is 48.8 Å². The molecule has 6 heteroatoms. The van der Waals surface area contributed by atoms with Crippen molar-refractivity contribution in [3.05, 3.63) is 64.7 Å². The molecule has 0 saturated heterocycles. The molecule has 0 atom stereocenters. The molecule has 28 heavy (non-hydrogen) atoms. The van der Waals surface area contributed by atoms with E-state index in [-0.39, 0.29) is 0 Å². The predicted octanol–water partition coefficient (Wildman–Crippen LogP) is 5.36. The lowest BCUT2D eigenvalue weighted by Gasteiger charge is -2.08. The van der Waals surface area contributed by atoms with Crippen LogP contribution in [0.2, 0.25) is 0 Å². The summed E-state index contributed by atoms with van der Waals surface area (Å²) in [6.45, 7) is 4.22. The van der Waals surface area contributed by atoms with Gasteiger partial charge in [-0.25, -0.2) is 4.98 Å². The van der Waals surface area contributed by atoms with Crippen LogP contribution in [-0.2, 0) is 0 Å². The zero-order valence-corrected chi connectivity index (χ0v) is 17.1. The van der Waals surface area contributed by atoms with Gasteiger partial charge in [0.15, 0.2) is 11.5 Å². The van der Waals surface area contributed by atoms with Crippen molar-refractivity contribution in [2.75, 3.05) is 14.2 Å². The molecule has 142 valence electrons. The molecule has 4 rings (SSSR count). The molecule has 0 aliphatic rings. The van der Waals surface area contributed by atoms with Gasteiger partial charge in [0.05, 0.1) is 19.9 Å². The number of aromatic nitrogens is 3. The maximum atomic E-state index is 5.45. The van der Waals surface area contributed by atoms with Crippen LogP contribution >= 0.6 is 12.2 Å². The molecular weight excluding hydrogens is 370 g/mol. The number of fused-ring (bicyclic) bond motifs is 1. The highest BCUT2D eigenvalue weighted by Crippen LogP contribution is 2.33. The summed E-state index contributed by atoms with van der Waals surface area (Å²) in [5.41, 5.74) is 7.41. The first-order chi connectivity index (χ1) is 13.5. The standard InChI is InChI=1S/C22H21N3O2S/c1-13-5-6-15(9-14(13)2)17-11-23-22(28)25-12-18(24-21(17)25)16-7-8-19(26-3)20(10-16)27-4/h5-12,24H,1-4H3. The van der Waals surface area contributed by atoms with Gasteiger partial charge >= 0.3 is 0 Å². The molecule has 0 amide bonds. The molecule has 1 N–H and O–H groups in total. The van der Waals surface area contributed by atoms with E-state index in [2.05, 4.69) is 42.0 Å². The number of nitrogens with zero attached hydrogens (tertiary/aromatic N) is 2. The van der Waals surface area contributed by atoms with Gasteiger partial charge in [-0.3, -0.25) is 4.40 Å². The van der Waals surface area contributed by atoms with E-state index in [0.29, 0.717) is 16.3 Å². The summed E-state index contributed by atoms with van der Waals surface area (Å²) in [7, 11) is 3.26. The van der Waals surface area contributed by atoms with Crippen LogP contribution in [0, 0.1) is 18.6 Å². The second-order valence-electron chi connectivity index (χ2n) is 6.71. The van der Waals surface area contributed by atoms with Crippen molar-refractivity contribution in [1.29, 1.82) is 0 Å². The minimum Gasteiger partial charge on any atom is -0.493 e. The van der Waals surface area contributed by atoms with Gasteiger partial charge in [0, 0.05) is 23.5 Å². The van der Waals surface area contributed by atoms with Gasteiger partial charge < -0.3 is 14.5 Å². The van der Waals surface area contributed by atoms with Gasteiger partial charge in [-0.1, -0.05) is 18.2 Å². The molecular formula is C22H21N3O2S. The lowest BCUT2D eigenvalue weighted by molar-refractivity contribution is 0.355. The molecule has 0 aliphatic carbocycles. The summed E-state index contributed by atoms with van der Waals surface area (Å²) in [6.07, 6.45) is 3.80. The Morgan fingerprint density at radius 3 is 2.39 bits per heavy atom. The van der Waals surface area contributed by atoms with E-state index >= 15 is 0 Å². The first-order valence-electron chi connectivity index (χ1n) is 8.92. The second kappa shape index (κ2) is 7.13. The minimum atomic E-state index is 0.505. The molecule has 0 radical (unpaired) electrons. The lowest BCUT2D eigenvalue weighted by Crippen LogP contribution is -1.93. The predicted molar refractivity (Wildman–Crippen MR) is 114 cm³/mol. The number of H-pyrrole nitrogens is 1. The molecule has 0 fully saturated rings. The molecule has 0 bridgehead atoms. The van der Waals surface area contributed by atoms with Crippen LogP contribution in [-0.4, -0.2) is 28.6 Å². The number of hydrogen-bond acceptors (Lipinski definition) is 4. The monoisotopic (exact) mass is 391 g/mol. The number of methoxy groups -OCH3 is 2. The number of benzene rings is 2. The highest BCUT2D eigenvalue weighted by atomic mass is 32.1. The van der Waals surface area contributed by atoms with Gasteiger partial charge in [-0.15, -0.1) is 0 Å². The maximum Gasteiger partial charge on any atom is 0.205 e. The smallest absolute Gasteiger partial charge is 0.205 e. The first kappa shape index (κ1) is 18.3. The molecule has 5 nitrogen and oxygen atoms in total. The van der Waals surface area contributed by atoms with E-state index in [0.717, 1.165) is 28.0 Å². The summed E-state index contributed by atoms with van der Waals surface area (Å²) in [4.78, 5) is 7.92. The third-order valence-corrected chi connectivity index (χ3v) is 5.33. The fourth-order valence-electron chi connectivity index (χ4n) is 3.28. The lowest BCUT2D eigenvalue weighted by atomic mass is 10.0. The Kier molecular flexibility index (Phi) is 4.65. The Hall–Kier alpha value is -3.12. The number of ether oxygens (including phenoxy) is 2. The van der Waals surface area contributed by atoms with Gasteiger partial charge in [0.1, 0.15) is 5.65 Å². The van der Waals surface area contributed by atoms with Crippen LogP contribution in [0.4, 0.5) is 0 Å². The number of hydrogen-bond donors (Lipinski definition) is 1. The molecule has 0 saturated carbocycles. The fraction of sp³-hybridized carbons (Fsp3) is 0.182. The van der Waals surface area contributed by atoms with Crippen molar-refractivity contribution in [3.8, 4) is 33.9 Å². The van der Waals surface area contributed by atoms with Crippen molar-refractivity contribution >= 4 is 17.9 Å². The Balaban J connectivity index is 1.91. The number of aromatic amines is 1. The molecule has 2 heterocycles. The van der Waals surface area contributed by atoms with E-state index in [9.17, 15) is 0 Å². The number of imidazole rings is 1. The van der Waals surface area contributed by atoms with E-state index < -0.39 is 0 Å². The Morgan fingerprint density at radius 2 is 1.68 bits per heavy atom. The summed E-state index contributed by atoms with van der Waals surface area (Å²) in [6, 6.07) is 12.2. The number of rotatable bonds is 4. The minimum absolute atomic E-state index is 0.505. The highest BCUT2D eigenvalue weighted by molar-refractivity contribution is 7.71. The zero-order valence-electron chi connectivity index (χ0n) is 16.2. The number of nitrogens with one attached hydrogen (secondary N) is 1. The third-order valence-electron chi connectivity index (χ3n) is 5.03. The molecule has 4 aromatic rings. The van der Waals surface area contributed by atoms with E-state index in [1.54, 1.807) is 14.2 Å². The second-order valence-corrected chi connectivity index (χ2v) is 7.07. The fourth-order valence-corrected chi connectivity index (χ4v) is 3.47. The van der Waals surface area contributed by atoms with Gasteiger partial charge in [0.25, 0.3) is 0 Å². The SMILES string of the molecule is COc1ccc(-c2cn3c(=S)ncc(-c4ccc(C)c(C)c4)c3[nH]2)cc1OC. The largest absolute Gasteiger partial charge is 0.493 e. The summed E-state index contributed by atoms with van der Waals surface area (Å²) in [5.74, 6) is 1.37. The third kappa shape index (κ3) is 3.05. The van der Waals surface area contributed by atoms with Crippen LogP contribution in [0.25, 0.3) is 28.0 Å². The van der Waals surface area contributed by atoms with Crippen molar-refractivity contribution < 1.29 is 9.47 Å². The molecule has 0 aliphatic heterocycles. The van der Waals surface area contributed by atoms with E-state index in [1.807, 2.05) is 35.0 Å². The average molecular weight is 391 g/mol. The first-order valence-corrected chi connectivity index (χ1v) is 9.33. The summed E-state index contributed by atoms with van der Waals surface area (Å²) >= 11 is 5.45. The van der Waals surface area contributed by atoms with Gasteiger partial charge in [-0.05, 0) is 61.0 Å².